The van der Waals surface area contributed by atoms with Gasteiger partial charge in [-0.1, -0.05) is 23.7 Å². The summed E-state index contributed by atoms with van der Waals surface area (Å²) in [7, 11) is 0. The number of carbonyl (C=O) groups excluding carboxylic acids is 1. The minimum atomic E-state index is 0.0555. The Balaban J connectivity index is 1.85. The van der Waals surface area contributed by atoms with E-state index in [0.29, 0.717) is 5.56 Å². The van der Waals surface area contributed by atoms with Crippen molar-refractivity contribution in [3.63, 3.8) is 0 Å². The van der Waals surface area contributed by atoms with E-state index >= 15 is 0 Å². The molecule has 0 aliphatic carbocycles. The number of pyridine rings is 1. The molecule has 0 radical (unpaired) electrons. The van der Waals surface area contributed by atoms with Crippen molar-refractivity contribution in [1.29, 1.82) is 0 Å². The summed E-state index contributed by atoms with van der Waals surface area (Å²) < 4.78 is 0. The van der Waals surface area contributed by atoms with Crippen molar-refractivity contribution in [2.45, 2.75) is 25.8 Å². The van der Waals surface area contributed by atoms with Gasteiger partial charge in [0, 0.05) is 23.5 Å². The third kappa shape index (κ3) is 2.93. The number of aryl methyl sites for hydroxylation is 1. The van der Waals surface area contributed by atoms with E-state index in [4.69, 9.17) is 11.6 Å². The first-order chi connectivity index (χ1) is 10.1. The Morgan fingerprint density at radius 3 is 2.67 bits per heavy atom. The summed E-state index contributed by atoms with van der Waals surface area (Å²) >= 11 is 5.94. The van der Waals surface area contributed by atoms with E-state index in [1.165, 1.54) is 0 Å². The largest absolute Gasteiger partial charge is 0.332 e. The van der Waals surface area contributed by atoms with Crippen LogP contribution in [-0.2, 0) is 0 Å². The number of carbonyl (C=O) groups is 1. The lowest BCUT2D eigenvalue weighted by atomic mass is 10.0. The molecule has 21 heavy (non-hydrogen) atoms. The molecular weight excluding hydrogens is 284 g/mol. The average molecular weight is 301 g/mol. The molecule has 0 spiro atoms. The quantitative estimate of drug-likeness (QED) is 0.839. The molecule has 108 valence electrons. The van der Waals surface area contributed by atoms with E-state index in [9.17, 15) is 4.79 Å². The molecule has 1 aliphatic rings. The van der Waals surface area contributed by atoms with Crippen LogP contribution in [-0.4, -0.2) is 22.3 Å². The Morgan fingerprint density at radius 1 is 1.24 bits per heavy atom. The van der Waals surface area contributed by atoms with Gasteiger partial charge in [-0.15, -0.1) is 0 Å². The van der Waals surface area contributed by atoms with E-state index < -0.39 is 0 Å². The van der Waals surface area contributed by atoms with Crippen molar-refractivity contribution >= 4 is 17.5 Å². The van der Waals surface area contributed by atoms with Crippen LogP contribution in [0, 0.1) is 6.92 Å². The third-order valence-electron chi connectivity index (χ3n) is 3.93. The van der Waals surface area contributed by atoms with Crippen molar-refractivity contribution in [3.8, 4) is 0 Å². The summed E-state index contributed by atoms with van der Waals surface area (Å²) in [5.74, 6) is 0.0555. The third-order valence-corrected chi connectivity index (χ3v) is 4.18. The summed E-state index contributed by atoms with van der Waals surface area (Å²) in [6.45, 7) is 2.71. The monoisotopic (exact) mass is 300 g/mol. The number of hydrogen-bond acceptors (Lipinski definition) is 2. The highest BCUT2D eigenvalue weighted by atomic mass is 35.5. The predicted molar refractivity (Wildman–Crippen MR) is 83.4 cm³/mol. The second-order valence-corrected chi connectivity index (χ2v) is 5.83. The summed E-state index contributed by atoms with van der Waals surface area (Å²) in [5.41, 5.74) is 2.72. The van der Waals surface area contributed by atoms with Crippen LogP contribution in [0.4, 0.5) is 0 Å². The molecule has 0 saturated carbocycles. The summed E-state index contributed by atoms with van der Waals surface area (Å²) in [6, 6.07) is 11.6. The van der Waals surface area contributed by atoms with Crippen molar-refractivity contribution in [3.05, 3.63) is 64.4 Å². The highest BCUT2D eigenvalue weighted by Gasteiger charge is 2.30. The molecule has 2 aromatic rings. The molecule has 3 nitrogen and oxygen atoms in total. The minimum absolute atomic E-state index is 0.0555. The van der Waals surface area contributed by atoms with Gasteiger partial charge in [-0.25, -0.2) is 0 Å². The molecular formula is C17H17ClN2O. The lowest BCUT2D eigenvalue weighted by Gasteiger charge is -2.25. The number of amides is 1. The Kier molecular flexibility index (Phi) is 3.93. The molecule has 3 rings (SSSR count). The van der Waals surface area contributed by atoms with Gasteiger partial charge in [0.1, 0.15) is 0 Å². The van der Waals surface area contributed by atoms with E-state index in [1.54, 1.807) is 6.20 Å². The molecule has 1 fully saturated rings. The number of aromatic nitrogens is 1. The van der Waals surface area contributed by atoms with Crippen molar-refractivity contribution in [2.75, 3.05) is 6.54 Å². The first-order valence-corrected chi connectivity index (χ1v) is 7.52. The molecule has 1 amide bonds. The molecule has 1 aliphatic heterocycles. The van der Waals surface area contributed by atoms with Gasteiger partial charge in [-0.3, -0.25) is 9.78 Å². The van der Waals surface area contributed by atoms with E-state index in [2.05, 4.69) is 4.98 Å². The second kappa shape index (κ2) is 5.86. The van der Waals surface area contributed by atoms with Gasteiger partial charge in [-0.05, 0) is 49.6 Å². The first-order valence-electron chi connectivity index (χ1n) is 7.14. The SMILES string of the molecule is Cc1ccc(C(=O)N2CCC[C@H]2c2ccc(Cl)cc2)cn1. The summed E-state index contributed by atoms with van der Waals surface area (Å²) in [4.78, 5) is 18.8. The van der Waals surface area contributed by atoms with Gasteiger partial charge in [0.25, 0.3) is 5.91 Å². The summed E-state index contributed by atoms with van der Waals surface area (Å²) in [5, 5.41) is 0.720. The maximum absolute atomic E-state index is 12.7. The van der Waals surface area contributed by atoms with Gasteiger partial charge >= 0.3 is 0 Å². The molecule has 0 N–H and O–H groups in total. The van der Waals surface area contributed by atoms with Crippen molar-refractivity contribution in [1.82, 2.24) is 9.88 Å². The van der Waals surface area contributed by atoms with Crippen LogP contribution in [0.3, 0.4) is 0 Å². The van der Waals surface area contributed by atoms with Crippen LogP contribution in [0.15, 0.2) is 42.6 Å². The second-order valence-electron chi connectivity index (χ2n) is 5.40. The zero-order valence-electron chi connectivity index (χ0n) is 11.9. The van der Waals surface area contributed by atoms with E-state index in [0.717, 1.165) is 35.7 Å². The molecule has 1 aromatic carbocycles. The fourth-order valence-electron chi connectivity index (χ4n) is 2.80. The van der Waals surface area contributed by atoms with Crippen molar-refractivity contribution in [2.24, 2.45) is 0 Å². The van der Waals surface area contributed by atoms with Crippen molar-refractivity contribution < 1.29 is 4.79 Å². The number of benzene rings is 1. The molecule has 0 unspecified atom stereocenters. The van der Waals surface area contributed by atoms with Crippen LogP contribution >= 0.6 is 11.6 Å². The summed E-state index contributed by atoms with van der Waals surface area (Å²) in [6.07, 6.45) is 3.68. The Hall–Kier alpha value is -1.87. The van der Waals surface area contributed by atoms with Gasteiger partial charge < -0.3 is 4.90 Å². The number of likely N-dealkylation sites (tertiary alicyclic amines) is 1. The zero-order valence-corrected chi connectivity index (χ0v) is 12.7. The Labute approximate surface area is 129 Å². The number of nitrogens with zero attached hydrogens (tertiary/aromatic N) is 2. The van der Waals surface area contributed by atoms with Crippen LogP contribution in [0.5, 0.6) is 0 Å². The molecule has 1 atom stereocenters. The lowest BCUT2D eigenvalue weighted by molar-refractivity contribution is 0.0735. The number of hydrogen-bond donors (Lipinski definition) is 0. The fourth-order valence-corrected chi connectivity index (χ4v) is 2.93. The first kappa shape index (κ1) is 14.1. The van der Waals surface area contributed by atoms with Gasteiger partial charge in [0.05, 0.1) is 11.6 Å². The van der Waals surface area contributed by atoms with Crippen LogP contribution in [0.2, 0.25) is 5.02 Å². The lowest BCUT2D eigenvalue weighted by Crippen LogP contribution is -2.30. The Bertz CT molecular complexity index is 637. The number of rotatable bonds is 2. The zero-order chi connectivity index (χ0) is 14.8. The Morgan fingerprint density at radius 2 is 2.00 bits per heavy atom. The maximum atomic E-state index is 12.7. The highest BCUT2D eigenvalue weighted by molar-refractivity contribution is 6.30. The number of halogens is 1. The maximum Gasteiger partial charge on any atom is 0.255 e. The smallest absolute Gasteiger partial charge is 0.255 e. The molecule has 2 heterocycles. The average Bonchev–Trinajstić information content (AvgIpc) is 2.97. The van der Waals surface area contributed by atoms with E-state index in [-0.39, 0.29) is 11.9 Å². The van der Waals surface area contributed by atoms with Gasteiger partial charge in [0.15, 0.2) is 0 Å². The van der Waals surface area contributed by atoms with Gasteiger partial charge in [0.2, 0.25) is 0 Å². The normalized spacial score (nSPS) is 18.0. The van der Waals surface area contributed by atoms with Crippen LogP contribution in [0.1, 0.15) is 40.5 Å². The molecule has 0 bridgehead atoms. The molecule has 1 saturated heterocycles. The standard InChI is InChI=1S/C17H17ClN2O/c1-12-4-5-14(11-19-12)17(21)20-10-2-3-16(20)13-6-8-15(18)9-7-13/h4-9,11,16H,2-3,10H2,1H3/t16-/m0/s1. The molecule has 4 heteroatoms. The van der Waals surface area contributed by atoms with Gasteiger partial charge in [-0.2, -0.15) is 0 Å². The van der Waals surface area contributed by atoms with E-state index in [1.807, 2.05) is 48.2 Å². The minimum Gasteiger partial charge on any atom is -0.332 e. The highest BCUT2D eigenvalue weighted by Crippen LogP contribution is 2.33. The van der Waals surface area contributed by atoms with Crippen LogP contribution in [0.25, 0.3) is 0 Å². The predicted octanol–water partition coefficient (Wildman–Crippen LogP) is 4.02. The van der Waals surface area contributed by atoms with Crippen LogP contribution < -0.4 is 0 Å². The molecule has 1 aromatic heterocycles. The topological polar surface area (TPSA) is 33.2 Å². The fraction of sp³-hybridized carbons (Fsp3) is 0.294.